The molecular weight excluding hydrogens is 380 g/mol. The number of hydrogen-bond acceptors (Lipinski definition) is 4. The zero-order valence-electron chi connectivity index (χ0n) is 16.2. The van der Waals surface area contributed by atoms with Crippen LogP contribution >= 0.6 is 11.3 Å². The Morgan fingerprint density at radius 1 is 1.14 bits per heavy atom. The summed E-state index contributed by atoms with van der Waals surface area (Å²) in [5, 5.41) is 4.14. The molecule has 5 rings (SSSR count). The molecule has 2 aromatic carbocycles. The Balaban J connectivity index is 1.45. The average molecular weight is 401 g/mol. The van der Waals surface area contributed by atoms with E-state index in [2.05, 4.69) is 16.3 Å². The van der Waals surface area contributed by atoms with E-state index in [1.807, 2.05) is 80.9 Å². The van der Waals surface area contributed by atoms with Crippen LogP contribution in [0.3, 0.4) is 0 Å². The van der Waals surface area contributed by atoms with E-state index in [-0.39, 0.29) is 12.0 Å². The van der Waals surface area contributed by atoms with Crippen molar-refractivity contribution in [3.63, 3.8) is 0 Å². The van der Waals surface area contributed by atoms with Crippen LogP contribution in [0.2, 0.25) is 0 Å². The first-order valence-corrected chi connectivity index (χ1v) is 10.3. The van der Waals surface area contributed by atoms with Gasteiger partial charge >= 0.3 is 0 Å². The summed E-state index contributed by atoms with van der Waals surface area (Å²) in [5.74, 6) is 0.774. The molecule has 4 nitrogen and oxygen atoms in total. The van der Waals surface area contributed by atoms with E-state index in [0.717, 1.165) is 38.4 Å². The predicted molar refractivity (Wildman–Crippen MR) is 120 cm³/mol. The van der Waals surface area contributed by atoms with Crippen molar-refractivity contribution in [3.8, 4) is 5.75 Å². The van der Waals surface area contributed by atoms with Crippen molar-refractivity contribution in [2.24, 2.45) is 0 Å². The maximum atomic E-state index is 12.8. The van der Waals surface area contributed by atoms with Crippen LogP contribution in [-0.2, 0) is 0 Å². The van der Waals surface area contributed by atoms with Gasteiger partial charge < -0.3 is 15.0 Å². The number of benzene rings is 2. The van der Waals surface area contributed by atoms with Crippen molar-refractivity contribution in [2.75, 3.05) is 19.0 Å². The van der Waals surface area contributed by atoms with Crippen LogP contribution in [0.15, 0.2) is 78.5 Å². The molecule has 1 unspecified atom stereocenters. The summed E-state index contributed by atoms with van der Waals surface area (Å²) >= 11 is 1.50. The molecule has 5 heteroatoms. The Labute approximate surface area is 173 Å². The molecule has 1 amide bonds. The van der Waals surface area contributed by atoms with Gasteiger partial charge in [-0.15, -0.1) is 11.3 Å². The molecule has 0 fully saturated rings. The molecule has 29 heavy (non-hydrogen) atoms. The highest BCUT2D eigenvalue weighted by Gasteiger charge is 2.28. The number of hydrogen-bond donors (Lipinski definition) is 1. The largest absolute Gasteiger partial charge is 0.481 e. The molecule has 1 aliphatic heterocycles. The van der Waals surface area contributed by atoms with Gasteiger partial charge in [-0.05, 0) is 53.9 Å². The summed E-state index contributed by atoms with van der Waals surface area (Å²) in [6.45, 7) is 0. The molecule has 1 aromatic heterocycles. The summed E-state index contributed by atoms with van der Waals surface area (Å²) in [4.78, 5) is 15.6. The van der Waals surface area contributed by atoms with Crippen LogP contribution in [0.25, 0.3) is 15.7 Å². The second-order valence-electron chi connectivity index (χ2n) is 7.32. The highest BCUT2D eigenvalue weighted by atomic mass is 32.1. The second kappa shape index (κ2) is 6.94. The highest BCUT2D eigenvalue weighted by molar-refractivity contribution is 7.20. The maximum Gasteiger partial charge on any atom is 0.265 e. The Hall–Kier alpha value is -3.31. The van der Waals surface area contributed by atoms with Gasteiger partial charge in [0.2, 0.25) is 0 Å². The lowest BCUT2D eigenvalue weighted by Gasteiger charge is -2.13. The first-order chi connectivity index (χ1) is 14.1. The van der Waals surface area contributed by atoms with Crippen LogP contribution in [-0.4, -0.2) is 26.1 Å². The molecule has 0 spiro atoms. The van der Waals surface area contributed by atoms with Crippen LogP contribution in [0.5, 0.6) is 5.75 Å². The topological polar surface area (TPSA) is 41.6 Å². The number of carbonyl (C=O) groups excluding carboxylic acids is 1. The number of carbonyl (C=O) groups is 1. The van der Waals surface area contributed by atoms with Gasteiger partial charge in [-0.1, -0.05) is 24.3 Å². The lowest BCUT2D eigenvalue weighted by atomic mass is 10.0. The normalized spacial score (nSPS) is 17.0. The number of ether oxygens (including phenoxy) is 1. The van der Waals surface area contributed by atoms with Crippen molar-refractivity contribution in [1.82, 2.24) is 5.32 Å². The molecule has 1 aliphatic carbocycles. The molecule has 0 saturated heterocycles. The molecule has 144 valence electrons. The van der Waals surface area contributed by atoms with Gasteiger partial charge in [0, 0.05) is 41.3 Å². The van der Waals surface area contributed by atoms with Gasteiger partial charge in [0.25, 0.3) is 5.91 Å². The van der Waals surface area contributed by atoms with E-state index < -0.39 is 0 Å². The van der Waals surface area contributed by atoms with Crippen molar-refractivity contribution < 1.29 is 9.53 Å². The number of anilines is 1. The predicted octanol–water partition coefficient (Wildman–Crippen LogP) is 5.00. The quantitative estimate of drug-likeness (QED) is 0.673. The van der Waals surface area contributed by atoms with Gasteiger partial charge in [0.15, 0.2) is 0 Å². The number of nitrogens with zero attached hydrogens (tertiary/aromatic N) is 1. The van der Waals surface area contributed by atoms with Gasteiger partial charge in [0.1, 0.15) is 11.9 Å². The van der Waals surface area contributed by atoms with Crippen LogP contribution in [0, 0.1) is 0 Å². The van der Waals surface area contributed by atoms with E-state index in [1.165, 1.54) is 11.3 Å². The monoisotopic (exact) mass is 400 g/mol. The standard InChI is InChI=1S/C24H20N2O2S/c1-26(2)17-10-11-21-19(14-17)18-13-16(7-5-8-20(18)28-21)25-24(27)23-12-15-6-3-4-9-22(15)29-23/h3-14,20H,1-2H3,(H,25,27). The molecule has 2 heterocycles. The Morgan fingerprint density at radius 2 is 2.00 bits per heavy atom. The fraction of sp³-hybridized carbons (Fsp3) is 0.125. The number of thiophene rings is 1. The van der Waals surface area contributed by atoms with E-state index in [9.17, 15) is 4.79 Å². The number of allylic oxidation sites excluding steroid dienone is 3. The summed E-state index contributed by atoms with van der Waals surface area (Å²) < 4.78 is 7.20. The van der Waals surface area contributed by atoms with E-state index >= 15 is 0 Å². The van der Waals surface area contributed by atoms with Crippen LogP contribution in [0.4, 0.5) is 5.69 Å². The fourth-order valence-corrected chi connectivity index (χ4v) is 4.58. The van der Waals surface area contributed by atoms with Gasteiger partial charge in [0.05, 0.1) is 4.88 Å². The zero-order valence-corrected chi connectivity index (χ0v) is 17.0. The third kappa shape index (κ3) is 3.23. The SMILES string of the molecule is CN(C)c1ccc2c(c1)C1=CC(NC(=O)c3cc4ccccc4s3)=CC=CC1O2. The number of fused-ring (bicyclic) bond motifs is 4. The van der Waals surface area contributed by atoms with Gasteiger partial charge in [-0.2, -0.15) is 0 Å². The first kappa shape index (κ1) is 17.8. The smallest absolute Gasteiger partial charge is 0.265 e. The Bertz CT molecular complexity index is 1180. The van der Waals surface area contributed by atoms with Crippen LogP contribution < -0.4 is 15.0 Å². The van der Waals surface area contributed by atoms with E-state index in [1.54, 1.807) is 0 Å². The van der Waals surface area contributed by atoms with Gasteiger partial charge in [-0.25, -0.2) is 0 Å². The summed E-state index contributed by atoms with van der Waals surface area (Å²) in [5.41, 5.74) is 3.99. The maximum absolute atomic E-state index is 12.8. The van der Waals surface area contributed by atoms with Gasteiger partial charge in [-0.3, -0.25) is 4.79 Å². The molecule has 1 atom stereocenters. The minimum absolute atomic E-state index is 0.0951. The first-order valence-electron chi connectivity index (χ1n) is 9.47. The molecule has 1 N–H and O–H groups in total. The molecule has 0 saturated carbocycles. The van der Waals surface area contributed by atoms with E-state index in [4.69, 9.17) is 4.74 Å². The molecule has 3 aromatic rings. The fourth-order valence-electron chi connectivity index (χ4n) is 3.62. The lowest BCUT2D eigenvalue weighted by Crippen LogP contribution is -2.21. The van der Waals surface area contributed by atoms with E-state index in [0.29, 0.717) is 4.88 Å². The van der Waals surface area contributed by atoms with Crippen molar-refractivity contribution in [2.45, 2.75) is 6.10 Å². The summed E-state index contributed by atoms with van der Waals surface area (Å²) in [6, 6.07) is 16.2. The number of amides is 1. The molecule has 0 bridgehead atoms. The Morgan fingerprint density at radius 3 is 2.83 bits per heavy atom. The zero-order chi connectivity index (χ0) is 20.0. The van der Waals surface area contributed by atoms with Crippen molar-refractivity contribution in [1.29, 1.82) is 0 Å². The number of rotatable bonds is 3. The lowest BCUT2D eigenvalue weighted by molar-refractivity contribution is 0.0971. The summed E-state index contributed by atoms with van der Waals surface area (Å²) in [7, 11) is 4.04. The molecule has 0 radical (unpaired) electrons. The van der Waals surface area contributed by atoms with Crippen molar-refractivity contribution >= 4 is 38.6 Å². The third-order valence-corrected chi connectivity index (χ3v) is 6.25. The average Bonchev–Trinajstić information content (AvgIpc) is 3.23. The van der Waals surface area contributed by atoms with Crippen molar-refractivity contribution in [3.05, 3.63) is 89.0 Å². The molecule has 2 aliphatic rings. The third-order valence-electron chi connectivity index (χ3n) is 5.13. The highest BCUT2D eigenvalue weighted by Crippen LogP contribution is 2.41. The minimum Gasteiger partial charge on any atom is -0.481 e. The molecular formula is C24H20N2O2S. The minimum atomic E-state index is -0.141. The van der Waals surface area contributed by atoms with Crippen LogP contribution in [0.1, 0.15) is 15.2 Å². The Kier molecular flexibility index (Phi) is 4.25. The second-order valence-corrected chi connectivity index (χ2v) is 8.41. The summed E-state index contributed by atoms with van der Waals surface area (Å²) in [6.07, 6.45) is 7.74. The number of nitrogens with one attached hydrogen (secondary N) is 1.